The Labute approximate surface area is 255 Å². The first kappa shape index (κ1) is 32.0. The molecular weight excluding hydrogens is 540 g/mol. The van der Waals surface area contributed by atoms with E-state index in [0.717, 1.165) is 54.5 Å². The lowest BCUT2D eigenvalue weighted by molar-refractivity contribution is -0.151. The second-order valence-electron chi connectivity index (χ2n) is 11.4. The van der Waals surface area contributed by atoms with Crippen molar-refractivity contribution < 1.29 is 24.2 Å². The molecule has 1 aromatic heterocycles. The third-order valence-corrected chi connectivity index (χ3v) is 8.11. The van der Waals surface area contributed by atoms with Crippen molar-refractivity contribution in [1.29, 1.82) is 0 Å². The van der Waals surface area contributed by atoms with Gasteiger partial charge in [-0.1, -0.05) is 50.3 Å². The smallest absolute Gasteiger partial charge is 0.310 e. The van der Waals surface area contributed by atoms with Crippen LogP contribution in [0.5, 0.6) is 5.75 Å². The molecule has 4 rings (SSSR count). The molecule has 0 atom stereocenters. The fourth-order valence-corrected chi connectivity index (χ4v) is 4.92. The average Bonchev–Trinajstić information content (AvgIpc) is 3.85. The van der Waals surface area contributed by atoms with Gasteiger partial charge in [0.1, 0.15) is 5.75 Å². The molecule has 1 saturated carbocycles. The van der Waals surface area contributed by atoms with Crippen LogP contribution in [-0.2, 0) is 27.4 Å². The van der Waals surface area contributed by atoms with E-state index in [1.165, 1.54) is 18.4 Å². The van der Waals surface area contributed by atoms with Crippen LogP contribution in [-0.4, -0.2) is 35.2 Å². The summed E-state index contributed by atoms with van der Waals surface area (Å²) in [4.78, 5) is 29.1. The van der Waals surface area contributed by atoms with Crippen LogP contribution in [0.1, 0.15) is 81.3 Å². The Morgan fingerprint density at radius 2 is 1.77 bits per heavy atom. The highest BCUT2D eigenvalue weighted by Gasteiger charge is 2.37. The highest BCUT2D eigenvalue weighted by Crippen LogP contribution is 2.32. The number of ether oxygens (including phenoxy) is 2. The van der Waals surface area contributed by atoms with E-state index in [0.29, 0.717) is 31.7 Å². The van der Waals surface area contributed by atoms with E-state index in [9.17, 15) is 14.7 Å². The molecule has 1 amide bonds. The molecule has 0 unspecified atom stereocenters. The van der Waals surface area contributed by atoms with Gasteiger partial charge in [-0.25, -0.2) is 0 Å². The number of carboxylic acid groups (broad SMARTS) is 1. The van der Waals surface area contributed by atoms with Crippen molar-refractivity contribution >= 4 is 29.7 Å². The van der Waals surface area contributed by atoms with Crippen molar-refractivity contribution in [3.8, 4) is 5.75 Å². The first-order valence-corrected chi connectivity index (χ1v) is 15.5. The highest BCUT2D eigenvalue weighted by molar-refractivity contribution is 5.94. The van der Waals surface area contributed by atoms with Gasteiger partial charge in [0.15, 0.2) is 0 Å². The largest absolute Gasteiger partial charge is 0.493 e. The molecule has 1 fully saturated rings. The minimum atomic E-state index is -1.04. The number of carboxylic acids is 1. The Balaban J connectivity index is 1.18. The second kappa shape index (κ2) is 16.0. The van der Waals surface area contributed by atoms with Crippen LogP contribution in [0.15, 0.2) is 66.7 Å². The van der Waals surface area contributed by atoms with Crippen molar-refractivity contribution in [3.05, 3.63) is 89.2 Å². The molecule has 0 spiro atoms. The third-order valence-electron chi connectivity index (χ3n) is 8.11. The SMILES string of the molecule is CCC(CC)(CC(=O)Nc1cccc(/C=C/c2cccc(COCCCCc3ccc(OCC4CC4)cc3)n2)c1)C(=O)O. The summed E-state index contributed by atoms with van der Waals surface area (Å²) in [6.07, 6.45) is 10.3. The number of amides is 1. The quantitative estimate of drug-likeness (QED) is 0.148. The number of carbonyl (C=O) groups excluding carboxylic acids is 1. The van der Waals surface area contributed by atoms with Crippen LogP contribution in [0.4, 0.5) is 5.69 Å². The molecule has 0 radical (unpaired) electrons. The predicted octanol–water partition coefficient (Wildman–Crippen LogP) is 7.80. The fourth-order valence-electron chi connectivity index (χ4n) is 4.92. The van der Waals surface area contributed by atoms with Gasteiger partial charge < -0.3 is 19.9 Å². The van der Waals surface area contributed by atoms with Crippen LogP contribution in [0, 0.1) is 11.3 Å². The Hall–Kier alpha value is -3.97. The van der Waals surface area contributed by atoms with E-state index >= 15 is 0 Å². The zero-order valence-corrected chi connectivity index (χ0v) is 25.4. The van der Waals surface area contributed by atoms with E-state index in [1.807, 2.05) is 48.6 Å². The lowest BCUT2D eigenvalue weighted by Crippen LogP contribution is -2.34. The molecule has 1 heterocycles. The summed E-state index contributed by atoms with van der Waals surface area (Å²) in [5.74, 6) is 0.493. The number of aliphatic carboxylic acids is 1. The molecule has 43 heavy (non-hydrogen) atoms. The third kappa shape index (κ3) is 10.4. The maximum Gasteiger partial charge on any atom is 0.310 e. The summed E-state index contributed by atoms with van der Waals surface area (Å²) in [5.41, 5.74) is 3.50. The monoisotopic (exact) mass is 584 g/mol. The number of aromatic nitrogens is 1. The summed E-state index contributed by atoms with van der Waals surface area (Å²) in [7, 11) is 0. The number of benzene rings is 2. The maximum absolute atomic E-state index is 12.6. The number of unbranched alkanes of at least 4 members (excludes halogenated alkanes) is 1. The van der Waals surface area contributed by atoms with Crippen LogP contribution in [0.3, 0.4) is 0 Å². The van der Waals surface area contributed by atoms with Crippen LogP contribution in [0.2, 0.25) is 0 Å². The van der Waals surface area contributed by atoms with Gasteiger partial charge in [-0.05, 0) is 104 Å². The van der Waals surface area contributed by atoms with Crippen molar-refractivity contribution in [3.63, 3.8) is 0 Å². The van der Waals surface area contributed by atoms with E-state index in [1.54, 1.807) is 19.9 Å². The molecule has 3 aromatic rings. The van der Waals surface area contributed by atoms with Gasteiger partial charge >= 0.3 is 5.97 Å². The summed E-state index contributed by atoms with van der Waals surface area (Å²) >= 11 is 0. The number of hydrogen-bond acceptors (Lipinski definition) is 5. The summed E-state index contributed by atoms with van der Waals surface area (Å²) < 4.78 is 11.7. The molecule has 7 nitrogen and oxygen atoms in total. The van der Waals surface area contributed by atoms with E-state index < -0.39 is 11.4 Å². The van der Waals surface area contributed by atoms with E-state index in [4.69, 9.17) is 9.47 Å². The summed E-state index contributed by atoms with van der Waals surface area (Å²) in [5, 5.41) is 12.5. The lowest BCUT2D eigenvalue weighted by Gasteiger charge is -2.25. The molecule has 2 N–H and O–H groups in total. The number of pyridine rings is 1. The van der Waals surface area contributed by atoms with Gasteiger partial charge in [-0.15, -0.1) is 0 Å². The molecule has 1 aliphatic carbocycles. The molecule has 2 aromatic carbocycles. The first-order chi connectivity index (χ1) is 20.9. The summed E-state index contributed by atoms with van der Waals surface area (Å²) in [6.45, 7) is 5.60. The molecule has 228 valence electrons. The molecule has 0 bridgehead atoms. The van der Waals surface area contributed by atoms with Crippen molar-refractivity contribution in [2.75, 3.05) is 18.5 Å². The van der Waals surface area contributed by atoms with Gasteiger partial charge in [0.2, 0.25) is 5.91 Å². The van der Waals surface area contributed by atoms with Crippen LogP contribution < -0.4 is 10.1 Å². The fraction of sp³-hybridized carbons (Fsp3) is 0.417. The predicted molar refractivity (Wildman–Crippen MR) is 171 cm³/mol. The number of nitrogens with one attached hydrogen (secondary N) is 1. The van der Waals surface area contributed by atoms with Gasteiger partial charge in [-0.3, -0.25) is 14.6 Å². The van der Waals surface area contributed by atoms with E-state index in [-0.39, 0.29) is 12.3 Å². The summed E-state index contributed by atoms with van der Waals surface area (Å²) in [6, 6.07) is 21.8. The maximum atomic E-state index is 12.6. The van der Waals surface area contributed by atoms with Gasteiger partial charge in [0.25, 0.3) is 0 Å². The van der Waals surface area contributed by atoms with Gasteiger partial charge in [0.05, 0.1) is 30.0 Å². The number of hydrogen-bond donors (Lipinski definition) is 2. The lowest BCUT2D eigenvalue weighted by atomic mass is 9.79. The minimum absolute atomic E-state index is 0.0574. The van der Waals surface area contributed by atoms with Crippen molar-refractivity contribution in [2.24, 2.45) is 11.3 Å². The Kier molecular flexibility index (Phi) is 11.9. The zero-order chi connectivity index (χ0) is 30.5. The number of aryl methyl sites for hydroxylation is 1. The number of carbonyl (C=O) groups is 2. The zero-order valence-electron chi connectivity index (χ0n) is 25.4. The number of anilines is 1. The molecular formula is C36H44N2O5. The molecule has 0 aliphatic heterocycles. The van der Waals surface area contributed by atoms with E-state index in [2.05, 4.69) is 34.6 Å². The Morgan fingerprint density at radius 1 is 1.00 bits per heavy atom. The van der Waals surface area contributed by atoms with Gasteiger partial charge in [-0.2, -0.15) is 0 Å². The van der Waals surface area contributed by atoms with Crippen molar-refractivity contribution in [1.82, 2.24) is 4.98 Å². The number of rotatable bonds is 18. The normalized spacial score (nSPS) is 13.3. The highest BCUT2D eigenvalue weighted by atomic mass is 16.5. The molecule has 1 aliphatic rings. The molecule has 7 heteroatoms. The van der Waals surface area contributed by atoms with Crippen LogP contribution >= 0.6 is 0 Å². The standard InChI is InChI=1S/C36H44N2O5/c1-3-36(4-2,35(40)41)24-34(39)38-31-12-7-10-28(23-31)16-19-30-11-8-13-32(37-30)26-42-22-6-5-9-27-17-20-33(21-18-27)43-25-29-14-15-29/h7-8,10-13,16-21,23,29H,3-6,9,14-15,22,24-26H2,1-2H3,(H,38,39)(H,40,41)/b19-16+. The van der Waals surface area contributed by atoms with Gasteiger partial charge in [0, 0.05) is 18.7 Å². The average molecular weight is 585 g/mol. The Bertz CT molecular complexity index is 1360. The second-order valence-corrected chi connectivity index (χ2v) is 11.4. The Morgan fingerprint density at radius 3 is 2.49 bits per heavy atom. The first-order valence-electron chi connectivity index (χ1n) is 15.5. The van der Waals surface area contributed by atoms with Crippen LogP contribution in [0.25, 0.3) is 12.2 Å². The molecule has 0 saturated heterocycles. The topological polar surface area (TPSA) is 97.8 Å². The minimum Gasteiger partial charge on any atom is -0.493 e. The van der Waals surface area contributed by atoms with Crippen molar-refractivity contribution in [2.45, 2.75) is 71.8 Å². The number of nitrogens with zero attached hydrogens (tertiary/aromatic N) is 1.